The van der Waals surface area contributed by atoms with E-state index in [0.717, 1.165) is 29.2 Å². The minimum atomic E-state index is -0.907. The first-order valence-electron chi connectivity index (χ1n) is 7.79. The summed E-state index contributed by atoms with van der Waals surface area (Å²) in [6.45, 7) is -0.378. The van der Waals surface area contributed by atoms with Gasteiger partial charge < -0.3 is 15.0 Å². The van der Waals surface area contributed by atoms with E-state index >= 15 is 0 Å². The van der Waals surface area contributed by atoms with Crippen molar-refractivity contribution in [1.29, 1.82) is 5.41 Å². The average molecular weight is 372 g/mol. The maximum Gasteiger partial charge on any atom is 0.259 e. The van der Waals surface area contributed by atoms with Crippen molar-refractivity contribution < 1.29 is 18.3 Å². The summed E-state index contributed by atoms with van der Waals surface area (Å²) in [4.78, 5) is 19.6. The summed E-state index contributed by atoms with van der Waals surface area (Å²) in [6, 6.07) is 6.64. The van der Waals surface area contributed by atoms with E-state index in [0.29, 0.717) is 0 Å². The van der Waals surface area contributed by atoms with E-state index in [4.69, 9.17) is 5.41 Å². The van der Waals surface area contributed by atoms with Crippen molar-refractivity contribution in [2.45, 2.75) is 0 Å². The number of para-hydroxylation sites is 1. The molecule has 1 aromatic heterocycles. The van der Waals surface area contributed by atoms with E-state index in [1.165, 1.54) is 12.1 Å². The van der Waals surface area contributed by atoms with Gasteiger partial charge >= 0.3 is 0 Å². The zero-order valence-corrected chi connectivity index (χ0v) is 13.6. The number of rotatable bonds is 2. The molecule has 3 aromatic rings. The number of H-pyrrole nitrogens is 1. The van der Waals surface area contributed by atoms with Gasteiger partial charge in [-0.25, -0.2) is 18.2 Å². The van der Waals surface area contributed by atoms with Crippen LogP contribution in [0, 0.1) is 22.9 Å². The SMILES string of the molecule is N=C1C(c2nc3cc(F)ccc3c(=O)[nH]2)=C(O)CN1c1c(F)cccc1F. The largest absolute Gasteiger partial charge is 0.509 e. The molecule has 1 aliphatic heterocycles. The lowest BCUT2D eigenvalue weighted by Gasteiger charge is -2.20. The van der Waals surface area contributed by atoms with E-state index in [9.17, 15) is 23.1 Å². The first-order chi connectivity index (χ1) is 12.9. The van der Waals surface area contributed by atoms with Gasteiger partial charge in [-0.2, -0.15) is 0 Å². The van der Waals surface area contributed by atoms with Crippen molar-refractivity contribution in [1.82, 2.24) is 9.97 Å². The predicted octanol–water partition coefficient (Wildman–Crippen LogP) is 3.11. The van der Waals surface area contributed by atoms with Crippen LogP contribution in [0.3, 0.4) is 0 Å². The molecule has 9 heteroatoms. The molecule has 4 rings (SSSR count). The third kappa shape index (κ3) is 2.64. The van der Waals surface area contributed by atoms with Gasteiger partial charge in [0.25, 0.3) is 5.56 Å². The number of aromatic nitrogens is 2. The zero-order valence-electron chi connectivity index (χ0n) is 13.6. The van der Waals surface area contributed by atoms with Gasteiger partial charge in [-0.1, -0.05) is 6.07 Å². The number of benzene rings is 2. The number of anilines is 1. The molecule has 27 heavy (non-hydrogen) atoms. The van der Waals surface area contributed by atoms with Gasteiger partial charge in [-0.3, -0.25) is 10.2 Å². The fraction of sp³-hybridized carbons (Fsp3) is 0.0556. The maximum atomic E-state index is 14.1. The van der Waals surface area contributed by atoms with Crippen LogP contribution in [0.5, 0.6) is 0 Å². The molecule has 136 valence electrons. The van der Waals surface area contributed by atoms with Gasteiger partial charge in [-0.15, -0.1) is 0 Å². The molecule has 0 spiro atoms. The molecule has 0 aliphatic carbocycles. The summed E-state index contributed by atoms with van der Waals surface area (Å²) in [5.74, 6) is -3.47. The summed E-state index contributed by atoms with van der Waals surface area (Å²) < 4.78 is 41.6. The first-order valence-corrected chi connectivity index (χ1v) is 7.79. The quantitative estimate of drug-likeness (QED) is 0.644. The lowest BCUT2D eigenvalue weighted by Crippen LogP contribution is -2.28. The molecule has 0 fully saturated rings. The number of aromatic amines is 1. The molecule has 3 N–H and O–H groups in total. The predicted molar refractivity (Wildman–Crippen MR) is 93.3 cm³/mol. The van der Waals surface area contributed by atoms with Crippen molar-refractivity contribution in [3.05, 3.63) is 75.8 Å². The second-order valence-electron chi connectivity index (χ2n) is 5.90. The third-order valence-electron chi connectivity index (χ3n) is 4.22. The standard InChI is InChI=1S/C18H11F3N4O2/c19-8-4-5-9-12(6-8)23-17(24-18(9)27)14-13(26)7-25(16(14)22)15-10(20)2-1-3-11(15)21/h1-6,22,26H,7H2,(H,23,24,27). The van der Waals surface area contributed by atoms with Gasteiger partial charge in [0.05, 0.1) is 23.0 Å². The Balaban J connectivity index is 1.83. The topological polar surface area (TPSA) is 93.1 Å². The molecule has 0 saturated carbocycles. The molecule has 2 heterocycles. The van der Waals surface area contributed by atoms with Gasteiger partial charge in [0, 0.05) is 6.07 Å². The number of halogens is 3. The molecular weight excluding hydrogens is 361 g/mol. The molecular formula is C18H11F3N4O2. The minimum absolute atomic E-state index is 0.0253. The summed E-state index contributed by atoms with van der Waals surface area (Å²) in [5, 5.41) is 18.6. The van der Waals surface area contributed by atoms with Crippen LogP contribution in [0.25, 0.3) is 16.5 Å². The highest BCUT2D eigenvalue weighted by atomic mass is 19.1. The molecule has 0 unspecified atom stereocenters. The molecule has 6 nitrogen and oxygen atoms in total. The minimum Gasteiger partial charge on any atom is -0.509 e. The molecule has 2 aromatic carbocycles. The lowest BCUT2D eigenvalue weighted by molar-refractivity contribution is 0.410. The van der Waals surface area contributed by atoms with Crippen molar-refractivity contribution in [2.75, 3.05) is 11.4 Å². The van der Waals surface area contributed by atoms with Crippen molar-refractivity contribution in [3.8, 4) is 0 Å². The number of amidine groups is 1. The normalized spacial score (nSPS) is 14.5. The smallest absolute Gasteiger partial charge is 0.259 e. The number of aliphatic hydroxyl groups is 1. The van der Waals surface area contributed by atoms with E-state index in [1.807, 2.05) is 0 Å². The monoisotopic (exact) mass is 372 g/mol. The van der Waals surface area contributed by atoms with Gasteiger partial charge in [-0.05, 0) is 24.3 Å². The Morgan fingerprint density at radius 1 is 1.15 bits per heavy atom. The second kappa shape index (κ2) is 5.97. The Labute approximate surface area is 149 Å². The molecule has 1 aliphatic rings. The Hall–Kier alpha value is -3.62. The Morgan fingerprint density at radius 2 is 1.85 bits per heavy atom. The average Bonchev–Trinajstić information content (AvgIpc) is 2.88. The molecule has 0 amide bonds. The molecule has 0 saturated heterocycles. The molecule has 0 bridgehead atoms. The Bertz CT molecular complexity index is 1180. The van der Waals surface area contributed by atoms with Crippen LogP contribution in [0.2, 0.25) is 0 Å². The fourth-order valence-electron chi connectivity index (χ4n) is 3.00. The second-order valence-corrected chi connectivity index (χ2v) is 5.90. The van der Waals surface area contributed by atoms with Crippen LogP contribution in [0.15, 0.2) is 47.0 Å². The third-order valence-corrected chi connectivity index (χ3v) is 4.22. The number of fused-ring (bicyclic) bond motifs is 1. The maximum absolute atomic E-state index is 14.1. The summed E-state index contributed by atoms with van der Waals surface area (Å²) in [6.07, 6.45) is 0. The Morgan fingerprint density at radius 3 is 2.56 bits per heavy atom. The van der Waals surface area contributed by atoms with Gasteiger partial charge in [0.1, 0.15) is 40.6 Å². The highest BCUT2D eigenvalue weighted by Crippen LogP contribution is 2.32. The number of nitrogens with zero attached hydrogens (tertiary/aromatic N) is 2. The van der Waals surface area contributed by atoms with Gasteiger partial charge in [0.15, 0.2) is 0 Å². The van der Waals surface area contributed by atoms with Crippen LogP contribution >= 0.6 is 0 Å². The summed E-state index contributed by atoms with van der Waals surface area (Å²) >= 11 is 0. The van der Waals surface area contributed by atoms with Crippen molar-refractivity contribution >= 4 is 28.0 Å². The number of nitrogens with one attached hydrogen (secondary N) is 2. The van der Waals surface area contributed by atoms with Crippen molar-refractivity contribution in [2.24, 2.45) is 0 Å². The highest BCUT2D eigenvalue weighted by molar-refractivity contribution is 6.30. The molecule has 0 atom stereocenters. The number of aliphatic hydroxyl groups excluding tert-OH is 1. The van der Waals surface area contributed by atoms with E-state index in [-0.39, 0.29) is 28.8 Å². The molecule has 0 radical (unpaired) electrons. The van der Waals surface area contributed by atoms with Crippen LogP contribution < -0.4 is 10.5 Å². The Kier molecular flexibility index (Phi) is 3.72. The van der Waals surface area contributed by atoms with E-state index in [1.54, 1.807) is 0 Å². The van der Waals surface area contributed by atoms with Crippen LogP contribution in [-0.4, -0.2) is 27.5 Å². The van der Waals surface area contributed by atoms with Crippen LogP contribution in [0.4, 0.5) is 18.9 Å². The van der Waals surface area contributed by atoms with E-state index in [2.05, 4.69) is 9.97 Å². The first kappa shape index (κ1) is 16.8. The highest BCUT2D eigenvalue weighted by Gasteiger charge is 2.34. The van der Waals surface area contributed by atoms with Crippen LogP contribution in [0.1, 0.15) is 5.82 Å². The number of hydrogen-bond acceptors (Lipinski definition) is 4. The fourth-order valence-corrected chi connectivity index (χ4v) is 3.00. The van der Waals surface area contributed by atoms with Crippen LogP contribution in [-0.2, 0) is 0 Å². The van der Waals surface area contributed by atoms with Gasteiger partial charge in [0.2, 0.25) is 0 Å². The van der Waals surface area contributed by atoms with E-state index < -0.39 is 40.3 Å². The number of hydrogen-bond donors (Lipinski definition) is 3. The lowest BCUT2D eigenvalue weighted by atomic mass is 10.2. The van der Waals surface area contributed by atoms with Crippen molar-refractivity contribution in [3.63, 3.8) is 0 Å². The zero-order chi connectivity index (χ0) is 19.3. The summed E-state index contributed by atoms with van der Waals surface area (Å²) in [5.41, 5.74) is -1.27. The summed E-state index contributed by atoms with van der Waals surface area (Å²) in [7, 11) is 0.